The van der Waals surface area contributed by atoms with E-state index < -0.39 is 0 Å². The predicted molar refractivity (Wildman–Crippen MR) is 171 cm³/mol. The molecule has 3 aromatic heterocycles. The van der Waals surface area contributed by atoms with Crippen LogP contribution in [0.3, 0.4) is 0 Å². The van der Waals surface area contributed by atoms with E-state index in [1.807, 2.05) is 24.3 Å². The van der Waals surface area contributed by atoms with Crippen LogP contribution in [0.2, 0.25) is 0 Å². The third kappa shape index (κ3) is 3.42. The number of fused-ring (bicyclic) bond motifs is 6. The minimum atomic E-state index is 0.920. The second-order valence-electron chi connectivity index (χ2n) is 10.7. The summed E-state index contributed by atoms with van der Waals surface area (Å²) in [6, 6.07) is 42.8. The smallest absolute Gasteiger partial charge is 0.116 e. The lowest BCUT2D eigenvalue weighted by Crippen LogP contribution is -1.91. The molecule has 8 aromatic rings. The van der Waals surface area contributed by atoms with Crippen molar-refractivity contribution < 1.29 is 0 Å². The highest BCUT2D eigenvalue weighted by Crippen LogP contribution is 2.50. The van der Waals surface area contributed by atoms with Gasteiger partial charge in [-0.3, -0.25) is 0 Å². The lowest BCUT2D eigenvalue weighted by Gasteiger charge is -2.11. The van der Waals surface area contributed by atoms with Crippen molar-refractivity contribution in [3.05, 3.63) is 134 Å². The van der Waals surface area contributed by atoms with E-state index in [9.17, 15) is 0 Å². The summed E-state index contributed by atoms with van der Waals surface area (Å²) in [5, 5.41) is 4.64. The molecule has 0 fully saturated rings. The summed E-state index contributed by atoms with van der Waals surface area (Å²) < 4.78 is 0. The number of aromatic nitrogens is 4. The van der Waals surface area contributed by atoms with Gasteiger partial charge in [0.05, 0.1) is 28.1 Å². The lowest BCUT2D eigenvalue weighted by atomic mass is 9.96. The summed E-state index contributed by atoms with van der Waals surface area (Å²) in [7, 11) is 0. The Kier molecular flexibility index (Phi) is 4.87. The molecule has 4 nitrogen and oxygen atoms in total. The molecule has 0 amide bonds. The summed E-state index contributed by atoms with van der Waals surface area (Å²) in [4.78, 5) is 18.9. The van der Waals surface area contributed by atoms with Crippen molar-refractivity contribution in [1.82, 2.24) is 19.9 Å². The van der Waals surface area contributed by atoms with E-state index in [1.54, 1.807) is 12.5 Å². The first-order valence-corrected chi connectivity index (χ1v) is 14.1. The Bertz CT molecular complexity index is 2350. The van der Waals surface area contributed by atoms with Crippen molar-refractivity contribution in [2.75, 3.05) is 0 Å². The van der Waals surface area contributed by atoms with Crippen molar-refractivity contribution in [1.29, 1.82) is 0 Å². The van der Waals surface area contributed by atoms with E-state index in [4.69, 9.17) is 9.97 Å². The van der Waals surface area contributed by atoms with Gasteiger partial charge in [0.15, 0.2) is 0 Å². The van der Waals surface area contributed by atoms with Crippen LogP contribution in [0.5, 0.6) is 0 Å². The molecule has 0 radical (unpaired) electrons. The van der Waals surface area contributed by atoms with Crippen LogP contribution in [0.1, 0.15) is 0 Å². The van der Waals surface area contributed by atoms with Gasteiger partial charge in [-0.15, -0.1) is 0 Å². The van der Waals surface area contributed by atoms with E-state index in [0.717, 1.165) is 55.6 Å². The van der Waals surface area contributed by atoms with E-state index in [-0.39, 0.29) is 0 Å². The molecule has 194 valence electrons. The highest BCUT2D eigenvalue weighted by atomic mass is 14.8. The molecule has 0 saturated heterocycles. The molecule has 0 aliphatic heterocycles. The van der Waals surface area contributed by atoms with Crippen molar-refractivity contribution in [2.45, 2.75) is 0 Å². The fourth-order valence-electron chi connectivity index (χ4n) is 6.39. The van der Waals surface area contributed by atoms with Gasteiger partial charge in [-0.2, -0.15) is 0 Å². The van der Waals surface area contributed by atoms with Crippen molar-refractivity contribution in [3.8, 4) is 56.0 Å². The molecule has 9 rings (SSSR count). The Labute approximate surface area is 242 Å². The fraction of sp³-hybridized carbons (Fsp3) is 0. The zero-order valence-corrected chi connectivity index (χ0v) is 22.5. The topological polar surface area (TPSA) is 51.6 Å². The summed E-state index contributed by atoms with van der Waals surface area (Å²) in [5.74, 6) is 0. The highest BCUT2D eigenvalue weighted by molar-refractivity contribution is 6.19. The van der Waals surface area contributed by atoms with Crippen LogP contribution in [0, 0.1) is 0 Å². The maximum atomic E-state index is 5.26. The molecule has 0 bridgehead atoms. The third-order valence-electron chi connectivity index (χ3n) is 8.38. The largest absolute Gasteiger partial charge is 0.245 e. The summed E-state index contributed by atoms with van der Waals surface area (Å²) in [6.45, 7) is 0. The average Bonchev–Trinajstić information content (AvgIpc) is 3.39. The summed E-state index contributed by atoms with van der Waals surface area (Å²) in [5.41, 5.74) is 13.0. The molecule has 0 N–H and O–H groups in total. The van der Waals surface area contributed by atoms with Crippen molar-refractivity contribution >= 4 is 32.6 Å². The predicted octanol–water partition coefficient (Wildman–Crippen LogP) is 9.37. The van der Waals surface area contributed by atoms with Gasteiger partial charge in [-0.05, 0) is 57.3 Å². The Morgan fingerprint density at radius 1 is 0.429 bits per heavy atom. The standard InChI is InChI=1S/C38H22N4/c1-2-5-23(6-3-1)34-17-12-24-9-10-25-13-18-35(42-38(25)37(24)41-34)28-15-16-31-27-14-11-26(33-19-20-39-22-40-33)21-32(27)30-8-4-7-29(28)36(30)31/h1-22H. The molecular weight excluding hydrogens is 512 g/mol. The van der Waals surface area contributed by atoms with Gasteiger partial charge in [0, 0.05) is 33.7 Å². The Hall–Kier alpha value is -5.74. The number of hydrogen-bond acceptors (Lipinski definition) is 4. The van der Waals surface area contributed by atoms with Crippen LogP contribution in [0.25, 0.3) is 88.6 Å². The minimum Gasteiger partial charge on any atom is -0.245 e. The highest BCUT2D eigenvalue weighted by Gasteiger charge is 2.23. The van der Waals surface area contributed by atoms with Crippen LogP contribution in [-0.4, -0.2) is 19.9 Å². The monoisotopic (exact) mass is 534 g/mol. The maximum absolute atomic E-state index is 5.26. The van der Waals surface area contributed by atoms with Crippen molar-refractivity contribution in [2.24, 2.45) is 0 Å². The third-order valence-corrected chi connectivity index (χ3v) is 8.38. The van der Waals surface area contributed by atoms with Gasteiger partial charge in [-0.25, -0.2) is 19.9 Å². The number of nitrogens with zero attached hydrogens (tertiary/aromatic N) is 4. The van der Waals surface area contributed by atoms with Crippen LogP contribution in [-0.2, 0) is 0 Å². The second kappa shape index (κ2) is 8.88. The quantitative estimate of drug-likeness (QED) is 0.212. The van der Waals surface area contributed by atoms with Crippen LogP contribution >= 0.6 is 0 Å². The van der Waals surface area contributed by atoms with E-state index in [1.165, 1.54) is 33.0 Å². The molecule has 42 heavy (non-hydrogen) atoms. The van der Waals surface area contributed by atoms with E-state index >= 15 is 0 Å². The molecule has 0 unspecified atom stereocenters. The molecular formula is C38H22N4. The van der Waals surface area contributed by atoms with Gasteiger partial charge in [0.25, 0.3) is 0 Å². The van der Waals surface area contributed by atoms with Gasteiger partial charge >= 0.3 is 0 Å². The maximum Gasteiger partial charge on any atom is 0.116 e. The van der Waals surface area contributed by atoms with Crippen LogP contribution in [0.15, 0.2) is 134 Å². The van der Waals surface area contributed by atoms with E-state index in [0.29, 0.717) is 0 Å². The molecule has 0 spiro atoms. The summed E-state index contributed by atoms with van der Waals surface area (Å²) in [6.07, 6.45) is 3.39. The first-order chi connectivity index (χ1) is 20.8. The first-order valence-electron chi connectivity index (χ1n) is 14.1. The average molecular weight is 535 g/mol. The van der Waals surface area contributed by atoms with E-state index in [2.05, 4.69) is 107 Å². The Morgan fingerprint density at radius 3 is 1.95 bits per heavy atom. The molecule has 1 aliphatic rings. The Morgan fingerprint density at radius 2 is 1.14 bits per heavy atom. The van der Waals surface area contributed by atoms with Gasteiger partial charge in [0.1, 0.15) is 6.33 Å². The molecule has 4 heteroatoms. The Balaban J connectivity index is 1.23. The minimum absolute atomic E-state index is 0.920. The van der Waals surface area contributed by atoms with Crippen LogP contribution in [0.4, 0.5) is 0 Å². The number of rotatable bonds is 3. The number of pyridine rings is 2. The fourth-order valence-corrected chi connectivity index (χ4v) is 6.39. The molecule has 0 saturated carbocycles. The lowest BCUT2D eigenvalue weighted by molar-refractivity contribution is 1.17. The zero-order chi connectivity index (χ0) is 27.6. The molecule has 0 atom stereocenters. The molecule has 3 heterocycles. The molecule has 1 aliphatic carbocycles. The molecule has 5 aromatic carbocycles. The number of benzene rings is 5. The zero-order valence-electron chi connectivity index (χ0n) is 22.5. The van der Waals surface area contributed by atoms with Crippen LogP contribution < -0.4 is 0 Å². The second-order valence-corrected chi connectivity index (χ2v) is 10.7. The van der Waals surface area contributed by atoms with Gasteiger partial charge in [-0.1, -0.05) is 97.1 Å². The number of hydrogen-bond donors (Lipinski definition) is 0. The van der Waals surface area contributed by atoms with Gasteiger partial charge < -0.3 is 0 Å². The normalized spacial score (nSPS) is 11.8. The van der Waals surface area contributed by atoms with Crippen molar-refractivity contribution in [3.63, 3.8) is 0 Å². The van der Waals surface area contributed by atoms with Gasteiger partial charge in [0.2, 0.25) is 0 Å². The first kappa shape index (κ1) is 23.0. The summed E-state index contributed by atoms with van der Waals surface area (Å²) >= 11 is 0. The SMILES string of the molecule is c1ccc(-c2ccc3ccc4ccc(-c5ccc6c7c(cccc57)-c5cc(-c7ccncn7)ccc5-6)nc4c3n2)cc1.